The van der Waals surface area contributed by atoms with E-state index < -0.39 is 0 Å². The zero-order valence-corrected chi connectivity index (χ0v) is 11.6. The number of Topliss-reactive ketones (excluding diaryl/α,β-unsaturated/α-hetero) is 1. The maximum atomic E-state index is 12.2. The highest BCUT2D eigenvalue weighted by molar-refractivity contribution is 5.86. The molecule has 0 bridgehead atoms. The van der Waals surface area contributed by atoms with Crippen molar-refractivity contribution < 1.29 is 9.59 Å². The number of amides is 1. The zero-order valence-electron chi connectivity index (χ0n) is 11.6. The molecule has 0 spiro atoms. The molecule has 3 nitrogen and oxygen atoms in total. The van der Waals surface area contributed by atoms with Gasteiger partial charge in [-0.15, -0.1) is 0 Å². The Kier molecular flexibility index (Phi) is 4.35. The number of ketones is 1. The first-order valence-electron chi connectivity index (χ1n) is 6.96. The molecule has 0 unspecified atom stereocenters. The average Bonchev–Trinajstić information content (AvgIpc) is 2.42. The lowest BCUT2D eigenvalue weighted by Gasteiger charge is -2.26. The molecule has 1 aliphatic carbocycles. The van der Waals surface area contributed by atoms with Gasteiger partial charge >= 0.3 is 0 Å². The molecule has 1 saturated carbocycles. The zero-order chi connectivity index (χ0) is 13.8. The Morgan fingerprint density at radius 2 is 2.00 bits per heavy atom. The van der Waals surface area contributed by atoms with E-state index >= 15 is 0 Å². The first kappa shape index (κ1) is 13.8. The van der Waals surface area contributed by atoms with Crippen molar-refractivity contribution in [1.29, 1.82) is 0 Å². The number of benzene rings is 1. The summed E-state index contributed by atoms with van der Waals surface area (Å²) in [7, 11) is 0. The lowest BCUT2D eigenvalue weighted by atomic mass is 9.81. The van der Waals surface area contributed by atoms with Crippen molar-refractivity contribution in [3.63, 3.8) is 0 Å². The summed E-state index contributed by atoms with van der Waals surface area (Å²) in [5.41, 5.74) is 1.11. The second-order valence-electron chi connectivity index (χ2n) is 5.48. The van der Waals surface area contributed by atoms with Crippen LogP contribution in [0.4, 0.5) is 0 Å². The molecule has 19 heavy (non-hydrogen) atoms. The van der Waals surface area contributed by atoms with Crippen molar-refractivity contribution >= 4 is 11.7 Å². The van der Waals surface area contributed by atoms with Gasteiger partial charge in [0.05, 0.1) is 6.04 Å². The third-order valence-corrected chi connectivity index (χ3v) is 3.96. The van der Waals surface area contributed by atoms with Crippen molar-refractivity contribution in [2.45, 2.75) is 39.2 Å². The van der Waals surface area contributed by atoms with Crippen LogP contribution in [0.2, 0.25) is 0 Å². The van der Waals surface area contributed by atoms with E-state index in [0.29, 0.717) is 25.0 Å². The SMILES string of the molecule is C[C@@H]1C[C@@H](C(=O)N[C@H](C)c2ccccc2)CCC1=O. The van der Waals surface area contributed by atoms with Crippen LogP contribution < -0.4 is 5.32 Å². The van der Waals surface area contributed by atoms with Crippen LogP contribution in [-0.4, -0.2) is 11.7 Å². The summed E-state index contributed by atoms with van der Waals surface area (Å²) in [5.74, 6) is 0.381. The molecule has 0 aliphatic heterocycles. The van der Waals surface area contributed by atoms with Crippen LogP contribution in [0.1, 0.15) is 44.7 Å². The van der Waals surface area contributed by atoms with Gasteiger partial charge in [0.15, 0.2) is 0 Å². The number of carbonyl (C=O) groups is 2. The van der Waals surface area contributed by atoms with Gasteiger partial charge < -0.3 is 5.32 Å². The second kappa shape index (κ2) is 6.00. The van der Waals surface area contributed by atoms with Crippen LogP contribution in [0, 0.1) is 11.8 Å². The van der Waals surface area contributed by atoms with Gasteiger partial charge in [0.1, 0.15) is 5.78 Å². The predicted octanol–water partition coefficient (Wildman–Crippen LogP) is 2.87. The summed E-state index contributed by atoms with van der Waals surface area (Å²) in [6, 6.07) is 9.95. The molecule has 1 aromatic carbocycles. The Balaban J connectivity index is 1.92. The van der Waals surface area contributed by atoms with Crippen molar-refractivity contribution in [3.05, 3.63) is 35.9 Å². The third-order valence-electron chi connectivity index (χ3n) is 3.96. The van der Waals surface area contributed by atoms with Gasteiger partial charge in [0.2, 0.25) is 5.91 Å². The molecule has 1 aromatic rings. The Labute approximate surface area is 114 Å². The highest BCUT2D eigenvalue weighted by atomic mass is 16.2. The molecule has 0 heterocycles. The van der Waals surface area contributed by atoms with Gasteiger partial charge in [-0.05, 0) is 25.3 Å². The first-order valence-corrected chi connectivity index (χ1v) is 6.96. The Hall–Kier alpha value is -1.64. The van der Waals surface area contributed by atoms with E-state index in [0.717, 1.165) is 5.56 Å². The normalized spacial score (nSPS) is 24.8. The van der Waals surface area contributed by atoms with E-state index in [1.54, 1.807) is 0 Å². The highest BCUT2D eigenvalue weighted by Gasteiger charge is 2.30. The standard InChI is InChI=1S/C16H21NO2/c1-11-10-14(8-9-15(11)18)16(19)17-12(2)13-6-4-3-5-7-13/h3-7,11-12,14H,8-10H2,1-2H3,(H,17,19)/t11-,12-,14+/m1/s1. The molecule has 0 radical (unpaired) electrons. The van der Waals surface area contributed by atoms with Gasteiger partial charge in [-0.25, -0.2) is 0 Å². The Bertz CT molecular complexity index is 455. The first-order chi connectivity index (χ1) is 9.08. The minimum absolute atomic E-state index is 0.0149. The molecule has 1 amide bonds. The molecule has 1 aliphatic rings. The fourth-order valence-electron chi connectivity index (χ4n) is 2.63. The lowest BCUT2D eigenvalue weighted by Crippen LogP contribution is -2.37. The molecule has 0 saturated heterocycles. The van der Waals surface area contributed by atoms with Crippen LogP contribution in [0.25, 0.3) is 0 Å². The summed E-state index contributed by atoms with van der Waals surface area (Å²) in [6.45, 7) is 3.91. The van der Waals surface area contributed by atoms with Crippen LogP contribution in [-0.2, 0) is 9.59 Å². The summed E-state index contributed by atoms with van der Waals surface area (Å²) in [5, 5.41) is 3.05. The fourth-order valence-corrected chi connectivity index (χ4v) is 2.63. The van der Waals surface area contributed by atoms with Crippen LogP contribution in [0.15, 0.2) is 30.3 Å². The highest BCUT2D eigenvalue weighted by Crippen LogP contribution is 2.27. The molecule has 102 valence electrons. The van der Waals surface area contributed by atoms with Crippen LogP contribution >= 0.6 is 0 Å². The molecular formula is C16H21NO2. The van der Waals surface area contributed by atoms with E-state index in [-0.39, 0.29) is 23.8 Å². The number of hydrogen-bond donors (Lipinski definition) is 1. The van der Waals surface area contributed by atoms with Crippen LogP contribution in [0.3, 0.4) is 0 Å². The molecule has 3 atom stereocenters. The average molecular weight is 259 g/mol. The maximum absolute atomic E-state index is 12.2. The van der Waals surface area contributed by atoms with Crippen molar-refractivity contribution in [2.75, 3.05) is 0 Å². The smallest absolute Gasteiger partial charge is 0.223 e. The predicted molar refractivity (Wildman–Crippen MR) is 74.5 cm³/mol. The minimum atomic E-state index is -0.0149. The van der Waals surface area contributed by atoms with Gasteiger partial charge in [-0.1, -0.05) is 37.3 Å². The fraction of sp³-hybridized carbons (Fsp3) is 0.500. The van der Waals surface area contributed by atoms with E-state index in [9.17, 15) is 9.59 Å². The van der Waals surface area contributed by atoms with Crippen LogP contribution in [0.5, 0.6) is 0 Å². The van der Waals surface area contributed by atoms with E-state index in [2.05, 4.69) is 5.32 Å². The van der Waals surface area contributed by atoms with E-state index in [4.69, 9.17) is 0 Å². The third kappa shape index (κ3) is 3.43. The van der Waals surface area contributed by atoms with Gasteiger partial charge in [0.25, 0.3) is 0 Å². The summed E-state index contributed by atoms with van der Waals surface area (Å²) >= 11 is 0. The lowest BCUT2D eigenvalue weighted by molar-refractivity contribution is -0.131. The molecular weight excluding hydrogens is 238 g/mol. The van der Waals surface area contributed by atoms with Crippen molar-refractivity contribution in [1.82, 2.24) is 5.32 Å². The number of nitrogens with one attached hydrogen (secondary N) is 1. The van der Waals surface area contributed by atoms with Gasteiger partial charge in [0, 0.05) is 18.3 Å². The molecule has 2 rings (SSSR count). The topological polar surface area (TPSA) is 46.2 Å². The number of hydrogen-bond acceptors (Lipinski definition) is 2. The minimum Gasteiger partial charge on any atom is -0.349 e. The quantitative estimate of drug-likeness (QED) is 0.907. The second-order valence-corrected chi connectivity index (χ2v) is 5.48. The summed E-state index contributed by atoms with van der Waals surface area (Å²) in [6.07, 6.45) is 1.92. The maximum Gasteiger partial charge on any atom is 0.223 e. The largest absolute Gasteiger partial charge is 0.349 e. The van der Waals surface area contributed by atoms with E-state index in [1.807, 2.05) is 44.2 Å². The molecule has 0 aromatic heterocycles. The monoisotopic (exact) mass is 259 g/mol. The Morgan fingerprint density at radius 1 is 1.32 bits per heavy atom. The number of carbonyl (C=O) groups excluding carboxylic acids is 2. The summed E-state index contributed by atoms with van der Waals surface area (Å²) < 4.78 is 0. The molecule has 3 heteroatoms. The Morgan fingerprint density at radius 3 is 2.63 bits per heavy atom. The number of rotatable bonds is 3. The van der Waals surface area contributed by atoms with E-state index in [1.165, 1.54) is 0 Å². The summed E-state index contributed by atoms with van der Waals surface area (Å²) in [4.78, 5) is 23.7. The molecule has 1 fully saturated rings. The van der Waals surface area contributed by atoms with Gasteiger partial charge in [-0.2, -0.15) is 0 Å². The van der Waals surface area contributed by atoms with Crippen molar-refractivity contribution in [2.24, 2.45) is 11.8 Å². The van der Waals surface area contributed by atoms with Gasteiger partial charge in [-0.3, -0.25) is 9.59 Å². The molecule has 1 N–H and O–H groups in total. The van der Waals surface area contributed by atoms with Crippen molar-refractivity contribution in [3.8, 4) is 0 Å².